The van der Waals surface area contributed by atoms with Crippen molar-refractivity contribution in [3.63, 3.8) is 0 Å². The first kappa shape index (κ1) is 19.1. The van der Waals surface area contributed by atoms with Gasteiger partial charge >= 0.3 is 5.97 Å². The Labute approximate surface area is 132 Å². The summed E-state index contributed by atoms with van der Waals surface area (Å²) in [4.78, 5) is 12.2. The predicted octanol–water partition coefficient (Wildman–Crippen LogP) is 0.182. The molecular formula is C15H26O6Si. The first-order chi connectivity index (χ1) is 10.2. The highest BCUT2D eigenvalue weighted by atomic mass is 28.3. The molecule has 0 amide bonds. The van der Waals surface area contributed by atoms with E-state index in [1.807, 2.05) is 0 Å². The van der Waals surface area contributed by atoms with Crippen molar-refractivity contribution in [2.24, 2.45) is 5.92 Å². The molecule has 0 bridgehead atoms. The van der Waals surface area contributed by atoms with Crippen LogP contribution in [0.4, 0.5) is 0 Å². The van der Waals surface area contributed by atoms with E-state index >= 15 is 0 Å². The van der Waals surface area contributed by atoms with Crippen molar-refractivity contribution in [2.75, 3.05) is 20.8 Å². The van der Waals surface area contributed by atoms with Gasteiger partial charge in [0.15, 0.2) is 6.61 Å². The quantitative estimate of drug-likeness (QED) is 0.435. The molecule has 1 aliphatic rings. The summed E-state index contributed by atoms with van der Waals surface area (Å²) in [5.74, 6) is 1.67. The first-order valence-corrected chi connectivity index (χ1v) is 10.8. The second kappa shape index (κ2) is 8.08. The Morgan fingerprint density at radius 3 is 2.32 bits per heavy atom. The summed E-state index contributed by atoms with van der Waals surface area (Å²) in [5.41, 5.74) is 3.11. The second-order valence-electron chi connectivity index (χ2n) is 6.46. The van der Waals surface area contributed by atoms with Gasteiger partial charge in [-0.25, -0.2) is 0 Å². The fourth-order valence-corrected chi connectivity index (χ4v) is 3.06. The van der Waals surface area contributed by atoms with Crippen LogP contribution < -0.4 is 0 Å². The number of ether oxygens (including phenoxy) is 3. The Morgan fingerprint density at radius 2 is 1.82 bits per heavy atom. The standard InChI is InChI=1S/C15H26O6Si/c1-19-11-9-10(14(20-2)13(17)12(11)16)15(18)21-7-6-8-22(3,4)5/h10-14,16-17H,7,9H2,1-5H3/t10?,11-,12-,13-,14-/m1/s1. The summed E-state index contributed by atoms with van der Waals surface area (Å²) in [7, 11) is 1.32. The number of carbonyl (C=O) groups is 1. The summed E-state index contributed by atoms with van der Waals surface area (Å²) in [5, 5.41) is 20.0. The van der Waals surface area contributed by atoms with E-state index in [1.54, 1.807) is 0 Å². The number of carbonyl (C=O) groups excluding carboxylic acids is 1. The monoisotopic (exact) mass is 330 g/mol. The molecule has 0 aromatic carbocycles. The van der Waals surface area contributed by atoms with E-state index in [2.05, 4.69) is 31.1 Å². The maximum Gasteiger partial charge on any atom is 0.312 e. The van der Waals surface area contributed by atoms with Crippen molar-refractivity contribution in [3.05, 3.63) is 0 Å². The fraction of sp³-hybridized carbons (Fsp3) is 0.800. The summed E-state index contributed by atoms with van der Waals surface area (Å²) in [6.07, 6.45) is -3.51. The molecule has 1 fully saturated rings. The molecule has 1 rings (SSSR count). The lowest BCUT2D eigenvalue weighted by molar-refractivity contribution is -0.190. The maximum absolute atomic E-state index is 12.2. The maximum atomic E-state index is 12.2. The molecule has 0 saturated heterocycles. The highest BCUT2D eigenvalue weighted by Crippen LogP contribution is 2.30. The zero-order valence-corrected chi connectivity index (χ0v) is 14.8. The van der Waals surface area contributed by atoms with Crippen LogP contribution in [0.1, 0.15) is 6.42 Å². The van der Waals surface area contributed by atoms with Crippen LogP contribution in [0, 0.1) is 17.4 Å². The molecule has 1 saturated carbocycles. The molecule has 1 unspecified atom stereocenters. The summed E-state index contributed by atoms with van der Waals surface area (Å²) < 4.78 is 15.5. The average Bonchev–Trinajstić information content (AvgIpc) is 2.45. The van der Waals surface area contributed by atoms with E-state index in [1.165, 1.54) is 14.2 Å². The van der Waals surface area contributed by atoms with Crippen LogP contribution in [0.25, 0.3) is 0 Å². The van der Waals surface area contributed by atoms with Gasteiger partial charge in [-0.1, -0.05) is 25.6 Å². The molecule has 7 heteroatoms. The molecule has 0 aromatic heterocycles. The van der Waals surface area contributed by atoms with Gasteiger partial charge in [0.05, 0.1) is 18.1 Å². The minimum absolute atomic E-state index is 0.0202. The number of hydrogen-bond acceptors (Lipinski definition) is 6. The van der Waals surface area contributed by atoms with Gasteiger partial charge in [0.25, 0.3) is 0 Å². The van der Waals surface area contributed by atoms with Crippen molar-refractivity contribution < 1.29 is 29.2 Å². The smallest absolute Gasteiger partial charge is 0.312 e. The Bertz CT molecular complexity index is 436. The fourth-order valence-electron chi connectivity index (χ4n) is 2.46. The third-order valence-electron chi connectivity index (χ3n) is 3.58. The van der Waals surface area contributed by atoms with Crippen LogP contribution in [-0.4, -0.2) is 69.5 Å². The van der Waals surface area contributed by atoms with Crippen LogP contribution >= 0.6 is 0 Å². The molecule has 0 spiro atoms. The zero-order valence-electron chi connectivity index (χ0n) is 13.8. The van der Waals surface area contributed by atoms with E-state index in [4.69, 9.17) is 14.2 Å². The Balaban J connectivity index is 2.70. The Hall–Kier alpha value is -0.913. The van der Waals surface area contributed by atoms with Gasteiger partial charge in [-0.15, -0.1) is 5.54 Å². The molecule has 6 nitrogen and oxygen atoms in total. The molecule has 22 heavy (non-hydrogen) atoms. The van der Waals surface area contributed by atoms with Crippen LogP contribution in [-0.2, 0) is 19.0 Å². The van der Waals surface area contributed by atoms with Gasteiger partial charge in [-0.2, -0.15) is 0 Å². The van der Waals surface area contributed by atoms with Crippen LogP contribution in [0.3, 0.4) is 0 Å². The van der Waals surface area contributed by atoms with Crippen molar-refractivity contribution >= 4 is 14.0 Å². The molecular weight excluding hydrogens is 304 g/mol. The SMILES string of the molecule is CO[C@@H]1C(C(=O)OCC#C[Si](C)(C)C)C[C@@H](OC)[C@@H](O)[C@H]1O. The largest absolute Gasteiger partial charge is 0.452 e. The number of methoxy groups -OCH3 is 2. The zero-order chi connectivity index (χ0) is 16.9. The number of aliphatic hydroxyl groups excluding tert-OH is 2. The van der Waals surface area contributed by atoms with Crippen molar-refractivity contribution in [3.8, 4) is 11.5 Å². The van der Waals surface area contributed by atoms with Gasteiger partial charge in [-0.3, -0.25) is 4.79 Å². The van der Waals surface area contributed by atoms with Gasteiger partial charge in [0.2, 0.25) is 0 Å². The van der Waals surface area contributed by atoms with E-state index in [0.717, 1.165) is 0 Å². The molecule has 0 radical (unpaired) electrons. The number of rotatable bonds is 4. The molecule has 0 heterocycles. The average molecular weight is 330 g/mol. The highest BCUT2D eigenvalue weighted by molar-refractivity contribution is 6.83. The summed E-state index contributed by atoms with van der Waals surface area (Å²) in [6.45, 7) is 6.33. The number of aliphatic hydroxyl groups is 2. The molecule has 2 N–H and O–H groups in total. The van der Waals surface area contributed by atoms with Gasteiger partial charge < -0.3 is 24.4 Å². The first-order valence-electron chi connectivity index (χ1n) is 7.29. The Morgan fingerprint density at radius 1 is 1.18 bits per heavy atom. The van der Waals surface area contributed by atoms with Gasteiger partial charge in [0, 0.05) is 14.2 Å². The van der Waals surface area contributed by atoms with E-state index in [9.17, 15) is 15.0 Å². The van der Waals surface area contributed by atoms with Crippen LogP contribution in [0.5, 0.6) is 0 Å². The highest BCUT2D eigenvalue weighted by Gasteiger charge is 2.47. The third kappa shape index (κ3) is 5.07. The lowest BCUT2D eigenvalue weighted by Gasteiger charge is -2.40. The molecule has 1 aliphatic carbocycles. The summed E-state index contributed by atoms with van der Waals surface area (Å²) in [6, 6.07) is 0. The predicted molar refractivity (Wildman–Crippen MR) is 83.8 cm³/mol. The van der Waals surface area contributed by atoms with Gasteiger partial charge in [-0.05, 0) is 6.42 Å². The van der Waals surface area contributed by atoms with Crippen molar-refractivity contribution in [2.45, 2.75) is 50.5 Å². The van der Waals surface area contributed by atoms with Crippen LogP contribution in [0.15, 0.2) is 0 Å². The van der Waals surface area contributed by atoms with E-state index < -0.39 is 44.4 Å². The summed E-state index contributed by atoms with van der Waals surface area (Å²) >= 11 is 0. The molecule has 126 valence electrons. The normalized spacial score (nSPS) is 32.0. The van der Waals surface area contributed by atoms with E-state index in [-0.39, 0.29) is 13.0 Å². The third-order valence-corrected chi connectivity index (χ3v) is 4.50. The van der Waals surface area contributed by atoms with Crippen molar-refractivity contribution in [1.29, 1.82) is 0 Å². The van der Waals surface area contributed by atoms with E-state index in [0.29, 0.717) is 0 Å². The second-order valence-corrected chi connectivity index (χ2v) is 11.2. The lowest BCUT2D eigenvalue weighted by Crippen LogP contribution is -2.56. The lowest BCUT2D eigenvalue weighted by atomic mass is 9.80. The Kier molecular flexibility index (Phi) is 7.03. The molecule has 5 atom stereocenters. The topological polar surface area (TPSA) is 85.2 Å². The minimum atomic E-state index is -1.50. The number of esters is 1. The molecule has 0 aliphatic heterocycles. The minimum Gasteiger partial charge on any atom is -0.452 e. The van der Waals surface area contributed by atoms with Crippen LogP contribution in [0.2, 0.25) is 19.6 Å². The molecule has 0 aromatic rings. The van der Waals surface area contributed by atoms with Crippen molar-refractivity contribution in [1.82, 2.24) is 0 Å². The van der Waals surface area contributed by atoms with Gasteiger partial charge in [0.1, 0.15) is 20.3 Å². The number of hydrogen-bond donors (Lipinski definition) is 2.